The minimum atomic E-state index is -1.79. The van der Waals surface area contributed by atoms with E-state index in [-0.39, 0.29) is 12.8 Å². The van der Waals surface area contributed by atoms with Gasteiger partial charge in [-0.1, -0.05) is 58.3 Å². The van der Waals surface area contributed by atoms with Gasteiger partial charge in [-0.15, -0.1) is 0 Å². The number of carbonyl (C=O) groups excluding carboxylic acids is 2. The van der Waals surface area contributed by atoms with E-state index < -0.39 is 29.6 Å². The van der Waals surface area contributed by atoms with Gasteiger partial charge < -0.3 is 5.11 Å². The fraction of sp³-hybridized carbons (Fsp3) is 0.812. The predicted octanol–water partition coefficient (Wildman–Crippen LogP) is 2.38. The van der Waals surface area contributed by atoms with E-state index in [1.54, 1.807) is 0 Å². The van der Waals surface area contributed by atoms with Gasteiger partial charge in [-0.3, -0.25) is 24.8 Å². The van der Waals surface area contributed by atoms with Gasteiger partial charge in [-0.05, 0) is 12.8 Å². The number of carbonyl (C=O) groups is 3. The van der Waals surface area contributed by atoms with E-state index in [0.29, 0.717) is 6.42 Å². The number of hydroxylamine groups is 2. The fourth-order valence-corrected chi connectivity index (χ4v) is 2.78. The number of unbranched alkanes of at least 4 members (excludes halogenated alkanes) is 7. The molecule has 0 atom stereocenters. The molecule has 140 valence electrons. The normalized spacial score (nSPS) is 11.1. The topological polar surface area (TPSA) is 136 Å². The molecule has 0 bridgehead atoms. The molecule has 8 nitrogen and oxygen atoms in total. The molecule has 8 heteroatoms. The van der Waals surface area contributed by atoms with E-state index in [4.69, 9.17) is 15.5 Å². The fourth-order valence-electron chi connectivity index (χ4n) is 2.78. The van der Waals surface area contributed by atoms with E-state index in [1.807, 2.05) is 0 Å². The second kappa shape index (κ2) is 12.7. The third-order valence-corrected chi connectivity index (χ3v) is 4.30. The Hall–Kier alpha value is -1.67. The lowest BCUT2D eigenvalue weighted by atomic mass is 9.76. The SMILES string of the molecule is CCCCCCCCCCC(CCC(=O)O)(C(=O)NO)C(=O)NO. The van der Waals surface area contributed by atoms with E-state index in [2.05, 4.69) is 6.92 Å². The summed E-state index contributed by atoms with van der Waals surface area (Å²) in [6.07, 6.45) is 7.42. The standard InChI is InChI=1S/C16H30N2O6/c1-2-3-4-5-6-7-8-9-11-16(14(21)17-23,15(22)18-24)12-10-13(19)20/h23-24H,2-12H2,1H3,(H,17,21)(H,18,22)(H,19,20). The van der Waals surface area contributed by atoms with E-state index >= 15 is 0 Å². The van der Waals surface area contributed by atoms with Gasteiger partial charge in [-0.25, -0.2) is 11.0 Å². The highest BCUT2D eigenvalue weighted by Crippen LogP contribution is 2.32. The van der Waals surface area contributed by atoms with Crippen LogP contribution in [0.2, 0.25) is 0 Å². The van der Waals surface area contributed by atoms with Crippen molar-refractivity contribution < 1.29 is 29.9 Å². The van der Waals surface area contributed by atoms with Gasteiger partial charge in [0.1, 0.15) is 5.41 Å². The number of aliphatic carboxylic acids is 1. The van der Waals surface area contributed by atoms with Crippen molar-refractivity contribution in [1.82, 2.24) is 11.0 Å². The molecule has 0 aliphatic heterocycles. The molecule has 2 amide bonds. The molecule has 24 heavy (non-hydrogen) atoms. The minimum Gasteiger partial charge on any atom is -0.481 e. The lowest BCUT2D eigenvalue weighted by Gasteiger charge is -2.28. The lowest BCUT2D eigenvalue weighted by molar-refractivity contribution is -0.156. The van der Waals surface area contributed by atoms with Gasteiger partial charge in [0.05, 0.1) is 0 Å². The van der Waals surface area contributed by atoms with Crippen molar-refractivity contribution in [2.24, 2.45) is 5.41 Å². The van der Waals surface area contributed by atoms with E-state index in [0.717, 1.165) is 25.7 Å². The van der Waals surface area contributed by atoms with Crippen LogP contribution >= 0.6 is 0 Å². The largest absolute Gasteiger partial charge is 0.481 e. The molecule has 0 fully saturated rings. The number of nitrogens with one attached hydrogen (secondary N) is 2. The Balaban J connectivity index is 4.60. The Morgan fingerprint density at radius 3 is 1.67 bits per heavy atom. The Bertz CT molecular complexity index is 384. The van der Waals surface area contributed by atoms with Crippen LogP contribution in [0, 0.1) is 5.41 Å². The second-order valence-corrected chi connectivity index (χ2v) is 6.08. The molecule has 0 saturated heterocycles. The Kier molecular flexibility index (Phi) is 11.8. The van der Waals surface area contributed by atoms with Crippen LogP contribution in [0.25, 0.3) is 0 Å². The summed E-state index contributed by atoms with van der Waals surface area (Å²) >= 11 is 0. The summed E-state index contributed by atoms with van der Waals surface area (Å²) in [5.41, 5.74) is 1.04. The van der Waals surface area contributed by atoms with Crippen LogP contribution in [0.3, 0.4) is 0 Å². The molecule has 0 unspecified atom stereocenters. The first-order valence-electron chi connectivity index (χ1n) is 8.55. The van der Waals surface area contributed by atoms with Crippen LogP contribution in [0.4, 0.5) is 0 Å². The van der Waals surface area contributed by atoms with Crippen molar-refractivity contribution in [2.45, 2.75) is 77.6 Å². The first-order chi connectivity index (χ1) is 11.4. The maximum Gasteiger partial charge on any atom is 0.303 e. The zero-order valence-corrected chi connectivity index (χ0v) is 14.3. The molecule has 0 aromatic carbocycles. The highest BCUT2D eigenvalue weighted by Gasteiger charge is 2.45. The molecular formula is C16H30N2O6. The minimum absolute atomic E-state index is 0.0635. The van der Waals surface area contributed by atoms with Gasteiger partial charge in [0.2, 0.25) is 0 Å². The van der Waals surface area contributed by atoms with Crippen molar-refractivity contribution in [1.29, 1.82) is 0 Å². The molecule has 0 aromatic heterocycles. The monoisotopic (exact) mass is 346 g/mol. The van der Waals surface area contributed by atoms with Gasteiger partial charge in [-0.2, -0.15) is 0 Å². The van der Waals surface area contributed by atoms with Gasteiger partial charge >= 0.3 is 5.97 Å². The van der Waals surface area contributed by atoms with E-state index in [9.17, 15) is 14.4 Å². The van der Waals surface area contributed by atoms with Crippen molar-refractivity contribution in [3.8, 4) is 0 Å². The molecule has 0 aromatic rings. The van der Waals surface area contributed by atoms with Crippen LogP contribution in [-0.4, -0.2) is 33.3 Å². The number of carboxylic acid groups (broad SMARTS) is 1. The first kappa shape index (κ1) is 22.3. The molecule has 0 aliphatic carbocycles. The number of rotatable bonds is 14. The molecule has 0 saturated carbocycles. The van der Waals surface area contributed by atoms with Gasteiger partial charge in [0.25, 0.3) is 11.8 Å². The molecular weight excluding hydrogens is 316 g/mol. The Morgan fingerprint density at radius 1 is 0.792 bits per heavy atom. The van der Waals surface area contributed by atoms with Crippen molar-refractivity contribution in [2.75, 3.05) is 0 Å². The number of hydrogen-bond acceptors (Lipinski definition) is 5. The van der Waals surface area contributed by atoms with Crippen LogP contribution in [0.5, 0.6) is 0 Å². The van der Waals surface area contributed by atoms with Crippen LogP contribution < -0.4 is 11.0 Å². The van der Waals surface area contributed by atoms with Gasteiger partial charge in [0.15, 0.2) is 0 Å². The predicted molar refractivity (Wildman–Crippen MR) is 86.4 cm³/mol. The average Bonchev–Trinajstić information content (AvgIpc) is 2.58. The number of amides is 2. The summed E-state index contributed by atoms with van der Waals surface area (Å²) in [4.78, 5) is 34.7. The number of carboxylic acids is 1. The summed E-state index contributed by atoms with van der Waals surface area (Å²) in [5, 5.41) is 26.6. The Morgan fingerprint density at radius 2 is 1.25 bits per heavy atom. The summed E-state index contributed by atoms with van der Waals surface area (Å²) in [5.74, 6) is -3.16. The van der Waals surface area contributed by atoms with Crippen LogP contribution in [0.1, 0.15) is 77.6 Å². The summed E-state index contributed by atoms with van der Waals surface area (Å²) < 4.78 is 0. The highest BCUT2D eigenvalue weighted by atomic mass is 16.5. The average molecular weight is 346 g/mol. The molecule has 0 aliphatic rings. The smallest absolute Gasteiger partial charge is 0.303 e. The molecule has 0 heterocycles. The maximum absolute atomic E-state index is 12.0. The zero-order chi connectivity index (χ0) is 18.4. The summed E-state index contributed by atoms with van der Waals surface area (Å²) in [6, 6.07) is 0. The third kappa shape index (κ3) is 7.74. The molecule has 0 radical (unpaired) electrons. The highest BCUT2D eigenvalue weighted by molar-refractivity contribution is 6.04. The van der Waals surface area contributed by atoms with Gasteiger partial charge in [0, 0.05) is 6.42 Å². The Labute approximate surface area is 142 Å². The molecule has 0 rings (SSSR count). The van der Waals surface area contributed by atoms with Crippen LogP contribution in [-0.2, 0) is 14.4 Å². The quantitative estimate of drug-likeness (QED) is 0.142. The third-order valence-electron chi connectivity index (χ3n) is 4.30. The second-order valence-electron chi connectivity index (χ2n) is 6.08. The maximum atomic E-state index is 12.0. The van der Waals surface area contributed by atoms with Crippen LogP contribution in [0.15, 0.2) is 0 Å². The molecule has 0 spiro atoms. The zero-order valence-electron chi connectivity index (χ0n) is 14.3. The van der Waals surface area contributed by atoms with Crippen molar-refractivity contribution in [3.63, 3.8) is 0 Å². The van der Waals surface area contributed by atoms with E-state index in [1.165, 1.54) is 30.2 Å². The first-order valence-corrected chi connectivity index (χ1v) is 8.55. The summed E-state index contributed by atoms with van der Waals surface area (Å²) in [6.45, 7) is 2.15. The van der Waals surface area contributed by atoms with Crippen molar-refractivity contribution in [3.05, 3.63) is 0 Å². The molecule has 5 N–H and O–H groups in total. The number of hydrogen-bond donors (Lipinski definition) is 5. The lowest BCUT2D eigenvalue weighted by Crippen LogP contribution is -2.50. The van der Waals surface area contributed by atoms with Crippen molar-refractivity contribution >= 4 is 17.8 Å². The summed E-state index contributed by atoms with van der Waals surface area (Å²) in [7, 11) is 0.